The van der Waals surface area contributed by atoms with Crippen molar-refractivity contribution in [3.05, 3.63) is 89.6 Å². The predicted octanol–water partition coefficient (Wildman–Crippen LogP) is 5.77. The van der Waals surface area contributed by atoms with E-state index < -0.39 is 10.0 Å². The normalized spacial score (nSPS) is 11.4. The van der Waals surface area contributed by atoms with Gasteiger partial charge in [-0.05, 0) is 48.9 Å². The van der Waals surface area contributed by atoms with E-state index >= 15 is 0 Å². The molecule has 1 aromatic heterocycles. The summed E-state index contributed by atoms with van der Waals surface area (Å²) in [4.78, 5) is 4.43. The number of nitrogens with one attached hydrogen (secondary N) is 1. The van der Waals surface area contributed by atoms with Crippen LogP contribution in [0.25, 0.3) is 22.8 Å². The Balaban J connectivity index is 1.58. The smallest absolute Gasteiger partial charge is 0.261 e. The molecule has 0 spiro atoms. The van der Waals surface area contributed by atoms with Crippen molar-refractivity contribution >= 4 is 27.3 Å². The van der Waals surface area contributed by atoms with Gasteiger partial charge in [0.25, 0.3) is 10.0 Å². The molecule has 0 radical (unpaired) electrons. The molecule has 4 aromatic rings. The number of hydrogen-bond donors (Lipinski definition) is 1. The van der Waals surface area contributed by atoms with Gasteiger partial charge < -0.3 is 4.42 Å². The van der Waals surface area contributed by atoms with E-state index in [2.05, 4.69) is 9.71 Å². The van der Waals surface area contributed by atoms with E-state index in [1.807, 2.05) is 30.3 Å². The van der Waals surface area contributed by atoms with E-state index in [1.165, 1.54) is 12.1 Å². The quantitative estimate of drug-likeness (QED) is 0.441. The maximum Gasteiger partial charge on any atom is 0.261 e. The molecule has 0 aliphatic rings. The highest BCUT2D eigenvalue weighted by molar-refractivity contribution is 7.92. The number of aromatic nitrogens is 1. The number of sulfonamides is 1. The highest BCUT2D eigenvalue weighted by Crippen LogP contribution is 2.28. The first-order valence-corrected chi connectivity index (χ1v) is 10.7. The van der Waals surface area contributed by atoms with Gasteiger partial charge in [-0.1, -0.05) is 48.0 Å². The number of rotatable bonds is 5. The van der Waals surface area contributed by atoms with Crippen LogP contribution in [-0.4, -0.2) is 13.4 Å². The highest BCUT2D eigenvalue weighted by Gasteiger charge is 2.17. The van der Waals surface area contributed by atoms with Crippen LogP contribution in [0, 0.1) is 6.92 Å². The predicted molar refractivity (Wildman–Crippen MR) is 114 cm³/mol. The summed E-state index contributed by atoms with van der Waals surface area (Å²) in [6.07, 6.45) is 1.65. The second-order valence-corrected chi connectivity index (χ2v) is 8.53. The van der Waals surface area contributed by atoms with Gasteiger partial charge in [-0.25, -0.2) is 13.4 Å². The Labute approximate surface area is 174 Å². The third kappa shape index (κ3) is 4.04. The summed E-state index contributed by atoms with van der Waals surface area (Å²) in [5.41, 5.74) is 2.72. The molecule has 0 saturated heterocycles. The van der Waals surface area contributed by atoms with Crippen molar-refractivity contribution in [3.63, 3.8) is 0 Å². The molecule has 0 amide bonds. The molecule has 0 bridgehead atoms. The lowest BCUT2D eigenvalue weighted by Crippen LogP contribution is -2.13. The van der Waals surface area contributed by atoms with Crippen molar-refractivity contribution < 1.29 is 12.8 Å². The zero-order chi connectivity index (χ0) is 20.4. The van der Waals surface area contributed by atoms with Crippen LogP contribution in [0.5, 0.6) is 0 Å². The summed E-state index contributed by atoms with van der Waals surface area (Å²) < 4.78 is 33.8. The molecule has 4 rings (SSSR count). The van der Waals surface area contributed by atoms with Gasteiger partial charge in [-0.3, -0.25) is 4.72 Å². The van der Waals surface area contributed by atoms with E-state index in [0.717, 1.165) is 5.56 Å². The van der Waals surface area contributed by atoms with Crippen LogP contribution < -0.4 is 4.72 Å². The first-order valence-electron chi connectivity index (χ1n) is 8.84. The highest BCUT2D eigenvalue weighted by atomic mass is 35.5. The van der Waals surface area contributed by atoms with Crippen molar-refractivity contribution in [1.29, 1.82) is 0 Å². The number of anilines is 1. The SMILES string of the molecule is Cc1c(Cl)cccc1NS(=O)(=O)c1ccc(-c2ncc(-c3ccccc3)o2)cc1. The largest absolute Gasteiger partial charge is 0.436 e. The summed E-state index contributed by atoms with van der Waals surface area (Å²) in [6.45, 7) is 1.76. The molecular weight excluding hydrogens is 408 g/mol. The van der Waals surface area contributed by atoms with Gasteiger partial charge in [-0.15, -0.1) is 0 Å². The van der Waals surface area contributed by atoms with Crippen molar-refractivity contribution in [3.8, 4) is 22.8 Å². The molecule has 0 fully saturated rings. The van der Waals surface area contributed by atoms with Crippen LogP contribution in [0.2, 0.25) is 5.02 Å². The second kappa shape index (κ2) is 7.73. The molecule has 7 heteroatoms. The summed E-state index contributed by atoms with van der Waals surface area (Å²) in [5.74, 6) is 1.07. The number of benzene rings is 3. The molecule has 0 atom stereocenters. The second-order valence-electron chi connectivity index (χ2n) is 6.44. The van der Waals surface area contributed by atoms with E-state index in [4.69, 9.17) is 16.0 Å². The minimum atomic E-state index is -3.75. The lowest BCUT2D eigenvalue weighted by atomic mass is 10.2. The zero-order valence-electron chi connectivity index (χ0n) is 15.5. The maximum absolute atomic E-state index is 12.7. The van der Waals surface area contributed by atoms with E-state index in [9.17, 15) is 8.42 Å². The van der Waals surface area contributed by atoms with Gasteiger partial charge in [0.15, 0.2) is 5.76 Å². The fourth-order valence-electron chi connectivity index (χ4n) is 2.84. The van der Waals surface area contributed by atoms with Gasteiger partial charge in [-0.2, -0.15) is 0 Å². The van der Waals surface area contributed by atoms with Crippen LogP contribution >= 0.6 is 11.6 Å². The van der Waals surface area contributed by atoms with E-state index in [0.29, 0.717) is 33.5 Å². The zero-order valence-corrected chi connectivity index (χ0v) is 17.0. The Bertz CT molecular complexity index is 1250. The van der Waals surface area contributed by atoms with Crippen molar-refractivity contribution in [1.82, 2.24) is 4.98 Å². The molecule has 1 N–H and O–H groups in total. The van der Waals surface area contributed by atoms with Gasteiger partial charge >= 0.3 is 0 Å². The summed E-state index contributed by atoms with van der Waals surface area (Å²) in [5, 5.41) is 0.499. The van der Waals surface area contributed by atoms with E-state index in [1.54, 1.807) is 43.5 Å². The lowest BCUT2D eigenvalue weighted by molar-refractivity contribution is 0.588. The molecule has 146 valence electrons. The minimum absolute atomic E-state index is 0.135. The van der Waals surface area contributed by atoms with Gasteiger partial charge in [0.05, 0.1) is 16.8 Å². The molecule has 0 aliphatic carbocycles. The number of hydrogen-bond acceptors (Lipinski definition) is 4. The molecule has 29 heavy (non-hydrogen) atoms. The Hall–Kier alpha value is -3.09. The van der Waals surface area contributed by atoms with Crippen LogP contribution in [0.4, 0.5) is 5.69 Å². The molecule has 5 nitrogen and oxygen atoms in total. The summed E-state index contributed by atoms with van der Waals surface area (Å²) in [7, 11) is -3.75. The maximum atomic E-state index is 12.7. The fourth-order valence-corrected chi connectivity index (χ4v) is 4.14. The third-order valence-corrected chi connectivity index (χ3v) is 6.28. The monoisotopic (exact) mass is 424 g/mol. The summed E-state index contributed by atoms with van der Waals surface area (Å²) in [6, 6.07) is 21.1. The molecule has 3 aromatic carbocycles. The van der Waals surface area contributed by atoms with Crippen LogP contribution in [-0.2, 0) is 10.0 Å². The number of nitrogens with zero attached hydrogens (tertiary/aromatic N) is 1. The van der Waals surface area contributed by atoms with Crippen molar-refractivity contribution in [2.24, 2.45) is 0 Å². The molecule has 0 saturated carbocycles. The first kappa shape index (κ1) is 19.2. The summed E-state index contributed by atoms with van der Waals surface area (Å²) >= 11 is 6.07. The molecule has 0 unspecified atom stereocenters. The molecule has 1 heterocycles. The van der Waals surface area contributed by atoms with E-state index in [-0.39, 0.29) is 4.90 Å². The van der Waals surface area contributed by atoms with Crippen LogP contribution in [0.1, 0.15) is 5.56 Å². The minimum Gasteiger partial charge on any atom is -0.436 e. The van der Waals surface area contributed by atoms with Gasteiger partial charge in [0.1, 0.15) is 0 Å². The Morgan fingerprint density at radius 1 is 0.897 bits per heavy atom. The average molecular weight is 425 g/mol. The first-order chi connectivity index (χ1) is 13.9. The average Bonchev–Trinajstić information content (AvgIpc) is 3.22. The Morgan fingerprint density at radius 2 is 1.62 bits per heavy atom. The van der Waals surface area contributed by atoms with Crippen molar-refractivity contribution in [2.45, 2.75) is 11.8 Å². The molecular formula is C22H17ClN2O3S. The van der Waals surface area contributed by atoms with Crippen molar-refractivity contribution in [2.75, 3.05) is 4.72 Å². The Morgan fingerprint density at radius 3 is 2.34 bits per heavy atom. The number of oxazole rings is 1. The third-order valence-electron chi connectivity index (χ3n) is 4.49. The fraction of sp³-hybridized carbons (Fsp3) is 0.0455. The van der Waals surface area contributed by atoms with Gasteiger partial charge in [0, 0.05) is 16.1 Å². The Kier molecular flexibility index (Phi) is 5.13. The lowest BCUT2D eigenvalue weighted by Gasteiger charge is -2.11. The topological polar surface area (TPSA) is 72.2 Å². The number of halogens is 1. The molecule has 0 aliphatic heterocycles. The standard InChI is InChI=1S/C22H17ClN2O3S/c1-15-19(23)8-5-9-20(15)25-29(26,27)18-12-10-17(11-13-18)22-24-14-21(28-22)16-6-3-2-4-7-16/h2-14,25H,1H3. The van der Waals surface area contributed by atoms with Crippen LogP contribution in [0.3, 0.4) is 0 Å². The van der Waals surface area contributed by atoms with Crippen LogP contribution in [0.15, 0.2) is 88.3 Å². The van der Waals surface area contributed by atoms with Gasteiger partial charge in [0.2, 0.25) is 5.89 Å².